The SMILES string of the molecule is CCOC(=O)[C@H]1CCCN(C(=O)c2cccc(CSc3nc(C)cc(N4CCN(c5ccc(OC)cc5)CC4)n3)c2)C1. The molecule has 5 rings (SSSR count). The highest BCUT2D eigenvalue weighted by Crippen LogP contribution is 2.26. The van der Waals surface area contributed by atoms with Crippen molar-refractivity contribution in [1.82, 2.24) is 14.9 Å². The van der Waals surface area contributed by atoms with Gasteiger partial charge in [0, 0.05) is 68.0 Å². The Balaban J connectivity index is 1.18. The van der Waals surface area contributed by atoms with Gasteiger partial charge in [0.1, 0.15) is 11.6 Å². The third-order valence-corrected chi connectivity index (χ3v) is 8.65. The second-order valence-corrected chi connectivity index (χ2v) is 11.6. The summed E-state index contributed by atoms with van der Waals surface area (Å²) in [4.78, 5) is 41.6. The fourth-order valence-corrected chi connectivity index (χ4v) is 6.32. The highest BCUT2D eigenvalue weighted by atomic mass is 32.2. The average Bonchev–Trinajstić information content (AvgIpc) is 3.03. The van der Waals surface area contributed by atoms with E-state index in [4.69, 9.17) is 14.5 Å². The van der Waals surface area contributed by atoms with Crippen LogP contribution in [0.5, 0.6) is 5.75 Å². The summed E-state index contributed by atoms with van der Waals surface area (Å²) in [5.74, 6) is 1.96. The number of piperidine rings is 1. The predicted octanol–water partition coefficient (Wildman–Crippen LogP) is 4.83. The minimum Gasteiger partial charge on any atom is -0.497 e. The molecule has 2 aliphatic rings. The van der Waals surface area contributed by atoms with Crippen molar-refractivity contribution in [2.75, 3.05) is 62.8 Å². The van der Waals surface area contributed by atoms with Crippen LogP contribution >= 0.6 is 11.8 Å². The second-order valence-electron chi connectivity index (χ2n) is 10.7. The van der Waals surface area contributed by atoms with Crippen LogP contribution in [0.15, 0.2) is 59.8 Å². The molecule has 2 saturated heterocycles. The zero-order valence-electron chi connectivity index (χ0n) is 24.6. The number of aromatic nitrogens is 2. The van der Waals surface area contributed by atoms with Gasteiger partial charge in [-0.25, -0.2) is 9.97 Å². The molecule has 1 aromatic heterocycles. The van der Waals surface area contributed by atoms with Gasteiger partial charge < -0.3 is 24.2 Å². The van der Waals surface area contributed by atoms with E-state index in [0.29, 0.717) is 31.0 Å². The van der Waals surface area contributed by atoms with Gasteiger partial charge in [-0.05, 0) is 68.7 Å². The van der Waals surface area contributed by atoms with Gasteiger partial charge in [0.15, 0.2) is 5.16 Å². The van der Waals surface area contributed by atoms with Crippen molar-refractivity contribution < 1.29 is 19.1 Å². The van der Waals surface area contributed by atoms with E-state index in [-0.39, 0.29) is 17.8 Å². The molecule has 222 valence electrons. The topological polar surface area (TPSA) is 88.1 Å². The molecule has 0 N–H and O–H groups in total. The Morgan fingerprint density at radius 2 is 1.74 bits per heavy atom. The van der Waals surface area contributed by atoms with Gasteiger partial charge >= 0.3 is 5.97 Å². The molecule has 1 atom stereocenters. The first-order valence-electron chi connectivity index (χ1n) is 14.6. The van der Waals surface area contributed by atoms with Gasteiger partial charge in [-0.1, -0.05) is 23.9 Å². The molecule has 10 heteroatoms. The van der Waals surface area contributed by atoms with Gasteiger partial charge in [0.2, 0.25) is 0 Å². The molecular weight excluding hydrogens is 550 g/mol. The average molecular weight is 590 g/mol. The summed E-state index contributed by atoms with van der Waals surface area (Å²) in [6.07, 6.45) is 1.56. The number of hydrogen-bond acceptors (Lipinski definition) is 9. The number of piperazine rings is 1. The molecular formula is C32H39N5O4S. The first kappa shape index (κ1) is 29.7. The predicted molar refractivity (Wildman–Crippen MR) is 165 cm³/mol. The maximum Gasteiger partial charge on any atom is 0.310 e. The van der Waals surface area contributed by atoms with Crippen LogP contribution in [-0.4, -0.2) is 79.7 Å². The van der Waals surface area contributed by atoms with E-state index in [0.717, 1.165) is 67.0 Å². The fourth-order valence-electron chi connectivity index (χ4n) is 5.48. The van der Waals surface area contributed by atoms with Crippen LogP contribution in [0, 0.1) is 12.8 Å². The van der Waals surface area contributed by atoms with Crippen LogP contribution in [0.2, 0.25) is 0 Å². The van der Waals surface area contributed by atoms with Crippen LogP contribution in [0.1, 0.15) is 41.4 Å². The third kappa shape index (κ3) is 7.34. The van der Waals surface area contributed by atoms with Crippen molar-refractivity contribution in [3.63, 3.8) is 0 Å². The molecule has 3 heterocycles. The minimum atomic E-state index is -0.250. The smallest absolute Gasteiger partial charge is 0.310 e. The van der Waals surface area contributed by atoms with Crippen molar-refractivity contribution >= 4 is 35.1 Å². The molecule has 9 nitrogen and oxygen atoms in total. The quantitative estimate of drug-likeness (QED) is 0.198. The summed E-state index contributed by atoms with van der Waals surface area (Å²) in [6.45, 7) is 8.82. The molecule has 3 aromatic rings. The Hall–Kier alpha value is -3.79. The number of esters is 1. The maximum absolute atomic E-state index is 13.3. The number of rotatable bonds is 9. The Kier molecular flexibility index (Phi) is 9.84. The Morgan fingerprint density at radius 1 is 0.976 bits per heavy atom. The van der Waals surface area contributed by atoms with Crippen LogP contribution in [0.3, 0.4) is 0 Å². The number of anilines is 2. The number of ether oxygens (including phenoxy) is 2. The van der Waals surface area contributed by atoms with Crippen molar-refractivity contribution in [2.24, 2.45) is 5.92 Å². The highest BCUT2D eigenvalue weighted by Gasteiger charge is 2.30. The number of hydrogen-bond donors (Lipinski definition) is 0. The number of likely N-dealkylation sites (tertiary alicyclic amines) is 1. The summed E-state index contributed by atoms with van der Waals surface area (Å²) in [6, 6.07) is 18.0. The van der Waals surface area contributed by atoms with Gasteiger partial charge in [0.05, 0.1) is 19.6 Å². The zero-order valence-corrected chi connectivity index (χ0v) is 25.4. The molecule has 0 saturated carbocycles. The molecule has 0 bridgehead atoms. The molecule has 0 radical (unpaired) electrons. The number of carbonyl (C=O) groups excluding carboxylic acids is 2. The second kappa shape index (κ2) is 13.9. The molecule has 2 aromatic carbocycles. The van der Waals surface area contributed by atoms with Crippen LogP contribution < -0.4 is 14.5 Å². The van der Waals surface area contributed by atoms with E-state index in [2.05, 4.69) is 33.0 Å². The van der Waals surface area contributed by atoms with Crippen molar-refractivity contribution in [1.29, 1.82) is 0 Å². The Morgan fingerprint density at radius 3 is 2.48 bits per heavy atom. The summed E-state index contributed by atoms with van der Waals surface area (Å²) >= 11 is 1.58. The standard InChI is InChI=1S/C32H39N5O4S/c1-4-41-31(39)26-9-6-14-37(21-26)30(38)25-8-5-7-24(20-25)22-42-32-33-23(2)19-29(34-32)36-17-15-35(16-18-36)27-10-12-28(40-3)13-11-27/h5,7-8,10-13,19-20,26H,4,6,9,14-18,21-22H2,1-3H3/t26-/m0/s1. The number of amides is 1. The van der Waals surface area contributed by atoms with Crippen LogP contribution in [-0.2, 0) is 15.3 Å². The van der Waals surface area contributed by atoms with Gasteiger partial charge in [-0.15, -0.1) is 0 Å². The number of carbonyl (C=O) groups is 2. The largest absolute Gasteiger partial charge is 0.497 e. The summed E-state index contributed by atoms with van der Waals surface area (Å²) in [7, 11) is 1.68. The molecule has 0 aliphatic carbocycles. The molecule has 1 amide bonds. The lowest BCUT2D eigenvalue weighted by atomic mass is 9.97. The fraction of sp³-hybridized carbons (Fsp3) is 0.438. The number of aryl methyl sites for hydroxylation is 1. The van der Waals surface area contributed by atoms with Crippen molar-refractivity contribution in [3.05, 3.63) is 71.4 Å². The number of nitrogens with zero attached hydrogens (tertiary/aromatic N) is 5. The lowest BCUT2D eigenvalue weighted by Gasteiger charge is -2.36. The normalized spacial score (nSPS) is 17.2. The van der Waals surface area contributed by atoms with E-state index in [1.54, 1.807) is 30.7 Å². The van der Waals surface area contributed by atoms with E-state index < -0.39 is 0 Å². The summed E-state index contributed by atoms with van der Waals surface area (Å²) in [5.41, 5.74) is 3.80. The van der Waals surface area contributed by atoms with Crippen molar-refractivity contribution in [2.45, 2.75) is 37.6 Å². The first-order chi connectivity index (χ1) is 20.4. The van der Waals surface area contributed by atoms with E-state index in [1.807, 2.05) is 43.3 Å². The number of benzene rings is 2. The highest BCUT2D eigenvalue weighted by molar-refractivity contribution is 7.98. The lowest BCUT2D eigenvalue weighted by Crippen LogP contribution is -2.46. The summed E-state index contributed by atoms with van der Waals surface area (Å²) in [5, 5.41) is 0.729. The maximum atomic E-state index is 13.3. The van der Waals surface area contributed by atoms with Gasteiger partial charge in [-0.2, -0.15) is 0 Å². The van der Waals surface area contributed by atoms with Gasteiger partial charge in [-0.3, -0.25) is 9.59 Å². The molecule has 42 heavy (non-hydrogen) atoms. The Labute approximate surface area is 252 Å². The van der Waals surface area contributed by atoms with Crippen molar-refractivity contribution in [3.8, 4) is 5.75 Å². The Bertz CT molecular complexity index is 1380. The third-order valence-electron chi connectivity index (χ3n) is 7.73. The lowest BCUT2D eigenvalue weighted by molar-refractivity contribution is -0.149. The molecule has 2 aliphatic heterocycles. The van der Waals surface area contributed by atoms with E-state index in [1.165, 1.54) is 5.69 Å². The first-order valence-corrected chi connectivity index (χ1v) is 15.6. The van der Waals surface area contributed by atoms with Gasteiger partial charge in [0.25, 0.3) is 5.91 Å². The van der Waals surface area contributed by atoms with E-state index >= 15 is 0 Å². The van der Waals surface area contributed by atoms with Crippen LogP contribution in [0.25, 0.3) is 0 Å². The monoisotopic (exact) mass is 589 g/mol. The number of methoxy groups -OCH3 is 1. The molecule has 2 fully saturated rings. The zero-order chi connectivity index (χ0) is 29.5. The van der Waals surface area contributed by atoms with Crippen LogP contribution in [0.4, 0.5) is 11.5 Å². The van der Waals surface area contributed by atoms with E-state index in [9.17, 15) is 9.59 Å². The number of thioether (sulfide) groups is 1. The molecule has 0 spiro atoms. The summed E-state index contributed by atoms with van der Waals surface area (Å²) < 4.78 is 10.5. The minimum absolute atomic E-state index is 0.0428. The molecule has 0 unspecified atom stereocenters.